The van der Waals surface area contributed by atoms with Crippen LogP contribution in [0.15, 0.2) is 18.2 Å². The summed E-state index contributed by atoms with van der Waals surface area (Å²) in [4.78, 5) is 40.7. The van der Waals surface area contributed by atoms with Crippen molar-refractivity contribution < 1.29 is 71.3 Å². The van der Waals surface area contributed by atoms with Crippen LogP contribution in [0.4, 0.5) is 13.2 Å². The molecule has 4 unspecified atom stereocenters. The van der Waals surface area contributed by atoms with Crippen LogP contribution in [0.25, 0.3) is 0 Å². The van der Waals surface area contributed by atoms with Crippen LogP contribution in [0.2, 0.25) is 0 Å². The number of hydrogen-bond acceptors (Lipinski definition) is 15. The number of rotatable bonds is 7. The molecule has 1 fully saturated rings. The van der Waals surface area contributed by atoms with Gasteiger partial charge in [0.15, 0.2) is 23.0 Å². The standard InChI is InChI=1S/C42H47N3O10S.C2HF3O2.C2H6/c1-20-13-25-15-26-17-45-28(18-52-42(49)33-27-16-29(50-5)24(9-8-12-46)14-23(27)10-11-43-33)31-32(38(55-22(3)47)21(2)39-40(31)54-19-53-39)41(56-7)35(45)34(44(26)4)30(25)36(48)37(20)51-6;3-2(4,5)1(6)7;1-2/h13-14,16,26,28,33-35,41,43,46,48H,10-12,15,17-19H2,1-7H3;(H,6,7);1-2H3/t26?,28-,33?,34+,35?,41?;;/m0../s1. The molecule has 0 amide bonds. The van der Waals surface area contributed by atoms with E-state index in [-0.39, 0.29) is 49.1 Å². The number of hydrogen-bond donors (Lipinski definition) is 4. The highest BCUT2D eigenvalue weighted by Crippen LogP contribution is 2.62. The maximum atomic E-state index is 14.3. The van der Waals surface area contributed by atoms with Gasteiger partial charge in [0.25, 0.3) is 0 Å². The minimum absolute atomic E-state index is 0.00429. The zero-order chi connectivity index (χ0) is 47.7. The van der Waals surface area contributed by atoms with Gasteiger partial charge in [-0.3, -0.25) is 14.6 Å². The Kier molecular flexibility index (Phi) is 15.1. The molecule has 0 aromatic heterocycles. The van der Waals surface area contributed by atoms with Gasteiger partial charge in [-0.2, -0.15) is 24.9 Å². The third-order valence-electron chi connectivity index (χ3n) is 12.2. The number of benzene rings is 3. The molecule has 5 aliphatic rings. The number of likely N-dealkylation sites (N-methyl/N-ethyl adjacent to an activating group) is 1. The van der Waals surface area contributed by atoms with E-state index in [1.807, 2.05) is 46.1 Å². The second kappa shape index (κ2) is 20.0. The number of methoxy groups -OCH3 is 2. The number of esters is 2. The number of thioether (sulfide) groups is 1. The van der Waals surface area contributed by atoms with Crippen LogP contribution >= 0.6 is 11.8 Å². The monoisotopic (exact) mass is 929 g/mol. The van der Waals surface area contributed by atoms with Gasteiger partial charge in [-0.05, 0) is 74.4 Å². The van der Waals surface area contributed by atoms with E-state index in [0.29, 0.717) is 65.8 Å². The van der Waals surface area contributed by atoms with Crippen molar-refractivity contribution in [3.8, 4) is 46.3 Å². The lowest BCUT2D eigenvalue weighted by Gasteiger charge is -2.59. The Hall–Kier alpha value is -5.39. The van der Waals surface area contributed by atoms with Crippen LogP contribution in [0.5, 0.6) is 34.5 Å². The lowest BCUT2D eigenvalue weighted by Crippen LogP contribution is -2.64. The molecule has 15 nitrogen and oxygen atoms in total. The number of alkyl halides is 3. The fraction of sp³-hybridized carbons (Fsp3) is 0.500. The number of aliphatic hydroxyl groups excluding tert-OH is 1. The number of halogens is 3. The number of aliphatic carboxylic acids is 1. The molecule has 0 aliphatic carbocycles. The van der Waals surface area contributed by atoms with Gasteiger partial charge in [-0.1, -0.05) is 31.8 Å². The minimum atomic E-state index is -5.08. The summed E-state index contributed by atoms with van der Waals surface area (Å²) < 4.78 is 67.9. The highest BCUT2D eigenvalue weighted by atomic mass is 32.2. The normalized spacial score (nSPS) is 22.4. The number of fused-ring (bicyclic) bond motifs is 10. The van der Waals surface area contributed by atoms with E-state index < -0.39 is 36.2 Å². The summed E-state index contributed by atoms with van der Waals surface area (Å²) in [5, 5.41) is 31.4. The Balaban J connectivity index is 0.000000712. The topological polar surface area (TPSA) is 186 Å². The van der Waals surface area contributed by atoms with Crippen LogP contribution in [-0.2, 0) is 32.0 Å². The fourth-order valence-corrected chi connectivity index (χ4v) is 10.7. The van der Waals surface area contributed by atoms with Gasteiger partial charge in [-0.15, -0.1) is 0 Å². The molecule has 352 valence electrons. The number of piperazine rings is 1. The summed E-state index contributed by atoms with van der Waals surface area (Å²) in [6, 6.07) is 4.06. The highest BCUT2D eigenvalue weighted by Gasteiger charge is 2.56. The van der Waals surface area contributed by atoms with E-state index in [2.05, 4.69) is 40.1 Å². The highest BCUT2D eigenvalue weighted by molar-refractivity contribution is 7.98. The predicted octanol–water partition coefficient (Wildman–Crippen LogP) is 5.85. The van der Waals surface area contributed by atoms with Crippen molar-refractivity contribution in [2.75, 3.05) is 60.6 Å². The second-order valence-corrected chi connectivity index (χ2v) is 16.7. The van der Waals surface area contributed by atoms with E-state index >= 15 is 0 Å². The van der Waals surface area contributed by atoms with E-state index in [1.165, 1.54) is 6.92 Å². The molecule has 0 radical (unpaired) electrons. The van der Waals surface area contributed by atoms with Crippen molar-refractivity contribution in [3.05, 3.63) is 68.3 Å². The number of nitrogens with zero attached hydrogens (tertiary/aromatic N) is 2. The van der Waals surface area contributed by atoms with E-state index in [1.54, 1.807) is 26.0 Å². The maximum absolute atomic E-state index is 14.3. The summed E-state index contributed by atoms with van der Waals surface area (Å²) in [6.45, 7) is 10.1. The number of carbonyl (C=O) groups is 3. The Bertz CT molecular complexity index is 2400. The molecular formula is C46H54F3N3O12S. The van der Waals surface area contributed by atoms with Gasteiger partial charge in [0, 0.05) is 54.4 Å². The molecule has 0 saturated carbocycles. The molecule has 6 atom stereocenters. The maximum Gasteiger partial charge on any atom is 0.490 e. The molecular weight excluding hydrogens is 876 g/mol. The van der Waals surface area contributed by atoms with Gasteiger partial charge >= 0.3 is 24.1 Å². The van der Waals surface area contributed by atoms with Crippen LogP contribution in [0.1, 0.15) is 94.2 Å². The smallest absolute Gasteiger partial charge is 0.490 e. The number of aryl methyl sites for hydroxylation is 1. The molecule has 65 heavy (non-hydrogen) atoms. The number of carboxylic acid groups (broad SMARTS) is 1. The number of phenols is 1. The van der Waals surface area contributed by atoms with Gasteiger partial charge in [0.05, 0.1) is 37.1 Å². The SMILES string of the molecule is CC.COc1cc2c(cc1C#CCO)CCNC2C(=O)OC[C@H]1c2c3c(c(C)c(OC(C)=O)c2C(SC)C2[C@H]4c5c(cc(C)c(OC)c5O)CC(CN21)N4C)OCO3.O=C(O)C(F)(F)F. The second-order valence-electron chi connectivity index (χ2n) is 15.7. The van der Waals surface area contributed by atoms with Crippen molar-refractivity contribution >= 4 is 29.7 Å². The number of aromatic hydroxyl groups is 1. The van der Waals surface area contributed by atoms with Crippen molar-refractivity contribution in [2.24, 2.45) is 0 Å². The quantitative estimate of drug-likeness (QED) is 0.125. The van der Waals surface area contributed by atoms with Crippen LogP contribution in [0, 0.1) is 25.7 Å². The number of carboxylic acids is 1. The first-order valence-electron chi connectivity index (χ1n) is 21.0. The number of ether oxygens (including phenoxy) is 6. The van der Waals surface area contributed by atoms with Crippen molar-refractivity contribution in [2.45, 2.75) is 89.1 Å². The number of aliphatic hydroxyl groups is 1. The van der Waals surface area contributed by atoms with Gasteiger partial charge < -0.3 is 49.1 Å². The fourth-order valence-electron chi connectivity index (χ4n) is 9.69. The Morgan fingerprint density at radius 2 is 1.71 bits per heavy atom. The first kappa shape index (κ1) is 49.1. The number of phenolic OH excluding ortho intramolecular Hbond substituents is 1. The molecule has 19 heteroatoms. The lowest BCUT2D eigenvalue weighted by atomic mass is 9.73. The first-order chi connectivity index (χ1) is 31.0. The van der Waals surface area contributed by atoms with Crippen molar-refractivity contribution in [3.63, 3.8) is 0 Å². The Morgan fingerprint density at radius 3 is 2.32 bits per heavy atom. The summed E-state index contributed by atoms with van der Waals surface area (Å²) in [5.74, 6) is 4.49. The molecule has 3 aromatic rings. The molecule has 5 heterocycles. The molecule has 1 saturated heterocycles. The summed E-state index contributed by atoms with van der Waals surface area (Å²) >= 11 is 1.64. The average molecular weight is 930 g/mol. The van der Waals surface area contributed by atoms with Gasteiger partial charge in [-0.25, -0.2) is 9.59 Å². The predicted molar refractivity (Wildman–Crippen MR) is 233 cm³/mol. The van der Waals surface area contributed by atoms with Gasteiger partial charge in [0.2, 0.25) is 6.79 Å². The van der Waals surface area contributed by atoms with Crippen molar-refractivity contribution in [1.29, 1.82) is 0 Å². The summed E-state index contributed by atoms with van der Waals surface area (Å²) in [5.41, 5.74) is 7.29. The Labute approximate surface area is 379 Å². The van der Waals surface area contributed by atoms with Crippen LogP contribution < -0.4 is 29.0 Å². The minimum Gasteiger partial charge on any atom is -0.504 e. The molecule has 2 bridgehead atoms. The van der Waals surface area contributed by atoms with Crippen LogP contribution in [-0.4, -0.2) is 122 Å². The first-order valence-corrected chi connectivity index (χ1v) is 22.3. The third kappa shape index (κ3) is 9.11. The Morgan fingerprint density at radius 1 is 1.02 bits per heavy atom. The zero-order valence-electron chi connectivity index (χ0n) is 37.6. The molecule has 0 spiro atoms. The number of nitrogens with one attached hydrogen (secondary N) is 1. The molecule has 3 aromatic carbocycles. The molecule has 4 N–H and O–H groups in total. The third-order valence-corrected chi connectivity index (χ3v) is 13.3. The summed E-state index contributed by atoms with van der Waals surface area (Å²) in [7, 11) is 5.22. The van der Waals surface area contributed by atoms with E-state index in [0.717, 1.165) is 38.9 Å². The zero-order valence-corrected chi connectivity index (χ0v) is 38.4. The van der Waals surface area contributed by atoms with E-state index in [9.17, 15) is 33.0 Å². The molecule has 5 aliphatic heterocycles. The lowest BCUT2D eigenvalue weighted by molar-refractivity contribution is -0.192. The average Bonchev–Trinajstić information content (AvgIpc) is 3.76. The van der Waals surface area contributed by atoms with Gasteiger partial charge in [0.1, 0.15) is 30.8 Å². The van der Waals surface area contributed by atoms with Crippen molar-refractivity contribution in [1.82, 2.24) is 15.1 Å². The summed E-state index contributed by atoms with van der Waals surface area (Å²) in [6.07, 6.45) is -1.67. The largest absolute Gasteiger partial charge is 0.504 e. The van der Waals surface area contributed by atoms with Crippen LogP contribution in [0.3, 0.4) is 0 Å². The molecule has 8 rings (SSSR count). The van der Waals surface area contributed by atoms with E-state index in [4.69, 9.17) is 38.3 Å². The number of carbonyl (C=O) groups excluding carboxylic acids is 2.